The number of carbonyl (C=O) groups excluding carboxylic acids is 5. The highest BCUT2D eigenvalue weighted by molar-refractivity contribution is 6.26. The highest BCUT2D eigenvalue weighted by Crippen LogP contribution is 2.09. The molecule has 7 amide bonds. The fourth-order valence-electron chi connectivity index (χ4n) is 1.78. The number of hydrogen-bond donors (Lipinski definition) is 4. The normalized spacial score (nSPS) is 17.2. The van der Waals surface area contributed by atoms with Crippen molar-refractivity contribution in [2.45, 2.75) is 0 Å². The van der Waals surface area contributed by atoms with E-state index >= 15 is 0 Å². The molecule has 126 valence electrons. The summed E-state index contributed by atoms with van der Waals surface area (Å²) < 4.78 is 12.7. The SMILES string of the molecule is CN1C(=O)NC(=O)C(C(=O)NNC(=O)Nc2ccc(F)cc2)C1=O. The van der Waals surface area contributed by atoms with E-state index in [9.17, 15) is 28.4 Å². The summed E-state index contributed by atoms with van der Waals surface area (Å²) in [5.74, 6) is -5.54. The molecule has 24 heavy (non-hydrogen) atoms. The zero-order chi connectivity index (χ0) is 17.9. The number of hydrogen-bond acceptors (Lipinski definition) is 5. The predicted octanol–water partition coefficient (Wildman–Crippen LogP) is -0.697. The molecule has 1 fully saturated rings. The first-order valence-corrected chi connectivity index (χ1v) is 6.54. The summed E-state index contributed by atoms with van der Waals surface area (Å²) in [6.07, 6.45) is 0. The van der Waals surface area contributed by atoms with Crippen LogP contribution in [0.2, 0.25) is 0 Å². The Balaban J connectivity index is 1.91. The second kappa shape index (κ2) is 6.73. The molecule has 1 heterocycles. The molecule has 1 aliphatic rings. The molecule has 1 unspecified atom stereocenters. The van der Waals surface area contributed by atoms with Gasteiger partial charge in [-0.25, -0.2) is 19.4 Å². The van der Waals surface area contributed by atoms with Crippen LogP contribution in [0.25, 0.3) is 0 Å². The highest BCUT2D eigenvalue weighted by Gasteiger charge is 2.43. The minimum atomic E-state index is -1.81. The van der Waals surface area contributed by atoms with Crippen molar-refractivity contribution in [1.29, 1.82) is 0 Å². The number of benzene rings is 1. The van der Waals surface area contributed by atoms with Gasteiger partial charge >= 0.3 is 12.1 Å². The standard InChI is InChI=1S/C13H12FN5O5/c1-19-11(22)8(9(20)16-13(19)24)10(21)17-18-12(23)15-7-4-2-6(14)3-5-7/h2-5,8H,1H3,(H,17,21)(H2,15,18,23)(H,16,20,24). The Morgan fingerprint density at radius 2 is 1.75 bits per heavy atom. The second-order valence-electron chi connectivity index (χ2n) is 4.70. The van der Waals surface area contributed by atoms with Crippen LogP contribution in [0.15, 0.2) is 24.3 Å². The van der Waals surface area contributed by atoms with Crippen LogP contribution in [0, 0.1) is 11.7 Å². The smallest absolute Gasteiger partial charge is 0.307 e. The molecule has 10 nitrogen and oxygen atoms in total. The van der Waals surface area contributed by atoms with Gasteiger partial charge in [-0.2, -0.15) is 0 Å². The molecule has 0 radical (unpaired) electrons. The van der Waals surface area contributed by atoms with Gasteiger partial charge in [0.1, 0.15) is 5.82 Å². The molecule has 0 aromatic heterocycles. The largest absolute Gasteiger partial charge is 0.337 e. The van der Waals surface area contributed by atoms with E-state index in [1.807, 2.05) is 16.2 Å². The van der Waals surface area contributed by atoms with E-state index in [0.717, 1.165) is 19.2 Å². The fraction of sp³-hybridized carbons (Fsp3) is 0.154. The van der Waals surface area contributed by atoms with Crippen LogP contribution < -0.4 is 21.5 Å². The number of barbiturate groups is 1. The zero-order valence-corrected chi connectivity index (χ0v) is 12.3. The first-order valence-electron chi connectivity index (χ1n) is 6.54. The van der Waals surface area contributed by atoms with E-state index in [4.69, 9.17) is 0 Å². The summed E-state index contributed by atoms with van der Waals surface area (Å²) in [5, 5.41) is 4.11. The third-order valence-electron chi connectivity index (χ3n) is 3.04. The number of amides is 7. The lowest BCUT2D eigenvalue weighted by Crippen LogP contribution is -2.61. The Bertz CT molecular complexity index is 720. The summed E-state index contributed by atoms with van der Waals surface area (Å²) in [6, 6.07) is 2.97. The molecule has 1 aromatic rings. The Morgan fingerprint density at radius 1 is 1.12 bits per heavy atom. The predicted molar refractivity (Wildman–Crippen MR) is 76.5 cm³/mol. The molecule has 1 atom stereocenters. The molecule has 1 aromatic carbocycles. The molecule has 0 saturated carbocycles. The number of hydrazine groups is 1. The van der Waals surface area contributed by atoms with E-state index in [2.05, 4.69) is 5.32 Å². The lowest BCUT2D eigenvalue weighted by atomic mass is 10.1. The third kappa shape index (κ3) is 3.63. The molecule has 0 bridgehead atoms. The number of urea groups is 2. The van der Waals surface area contributed by atoms with Gasteiger partial charge in [-0.05, 0) is 24.3 Å². The lowest BCUT2D eigenvalue weighted by Gasteiger charge is -2.26. The van der Waals surface area contributed by atoms with Crippen LogP contribution in [0.4, 0.5) is 19.7 Å². The number of nitrogens with zero attached hydrogens (tertiary/aromatic N) is 1. The molecular weight excluding hydrogens is 325 g/mol. The Kier molecular flexibility index (Phi) is 4.73. The average Bonchev–Trinajstić information content (AvgIpc) is 2.53. The van der Waals surface area contributed by atoms with Crippen LogP contribution >= 0.6 is 0 Å². The van der Waals surface area contributed by atoms with Gasteiger partial charge < -0.3 is 5.32 Å². The zero-order valence-electron chi connectivity index (χ0n) is 12.3. The summed E-state index contributed by atoms with van der Waals surface area (Å²) in [4.78, 5) is 58.6. The molecule has 0 spiro atoms. The quantitative estimate of drug-likeness (QED) is 0.418. The maximum atomic E-state index is 12.7. The summed E-state index contributed by atoms with van der Waals surface area (Å²) in [7, 11) is 1.10. The molecule has 11 heteroatoms. The summed E-state index contributed by atoms with van der Waals surface area (Å²) in [5.41, 5.74) is 4.07. The van der Waals surface area contributed by atoms with Gasteiger partial charge in [-0.3, -0.25) is 30.0 Å². The van der Waals surface area contributed by atoms with Crippen molar-refractivity contribution in [1.82, 2.24) is 21.1 Å². The molecule has 4 N–H and O–H groups in total. The van der Waals surface area contributed by atoms with Crippen LogP contribution in [0.3, 0.4) is 0 Å². The van der Waals surface area contributed by atoms with Gasteiger partial charge in [-0.15, -0.1) is 0 Å². The van der Waals surface area contributed by atoms with Crippen molar-refractivity contribution in [2.24, 2.45) is 5.92 Å². The van der Waals surface area contributed by atoms with E-state index < -0.39 is 41.5 Å². The van der Waals surface area contributed by atoms with E-state index in [1.165, 1.54) is 12.1 Å². The van der Waals surface area contributed by atoms with Crippen molar-refractivity contribution >= 4 is 35.5 Å². The monoisotopic (exact) mass is 337 g/mol. The molecular formula is C13H12FN5O5. The van der Waals surface area contributed by atoms with E-state index in [0.29, 0.717) is 4.90 Å². The number of imide groups is 2. The Morgan fingerprint density at radius 3 is 2.38 bits per heavy atom. The van der Waals surface area contributed by atoms with Crippen molar-refractivity contribution in [3.63, 3.8) is 0 Å². The van der Waals surface area contributed by atoms with Gasteiger partial charge in [0, 0.05) is 12.7 Å². The van der Waals surface area contributed by atoms with Crippen LogP contribution in [-0.4, -0.2) is 41.7 Å². The van der Waals surface area contributed by atoms with Crippen molar-refractivity contribution in [3.8, 4) is 0 Å². The first-order chi connectivity index (χ1) is 11.3. The average molecular weight is 337 g/mol. The van der Waals surface area contributed by atoms with Crippen molar-refractivity contribution in [2.75, 3.05) is 12.4 Å². The summed E-state index contributed by atoms with van der Waals surface area (Å²) >= 11 is 0. The maximum Gasteiger partial charge on any atom is 0.337 e. The number of rotatable bonds is 2. The first kappa shape index (κ1) is 16.9. The topological polar surface area (TPSA) is 137 Å². The molecule has 2 rings (SSSR count). The highest BCUT2D eigenvalue weighted by atomic mass is 19.1. The van der Waals surface area contributed by atoms with Crippen LogP contribution in [0.5, 0.6) is 0 Å². The minimum Gasteiger partial charge on any atom is -0.307 e. The maximum absolute atomic E-state index is 12.7. The van der Waals surface area contributed by atoms with Crippen LogP contribution in [-0.2, 0) is 14.4 Å². The summed E-state index contributed by atoms with van der Waals surface area (Å²) in [6.45, 7) is 0. The molecule has 1 aliphatic heterocycles. The molecule has 0 aliphatic carbocycles. The van der Waals surface area contributed by atoms with Crippen molar-refractivity contribution in [3.05, 3.63) is 30.1 Å². The number of carbonyl (C=O) groups is 5. The van der Waals surface area contributed by atoms with Gasteiger partial charge in [0.2, 0.25) is 5.91 Å². The van der Waals surface area contributed by atoms with Gasteiger partial charge in [-0.1, -0.05) is 0 Å². The second-order valence-corrected chi connectivity index (χ2v) is 4.70. The van der Waals surface area contributed by atoms with E-state index in [1.54, 1.807) is 0 Å². The number of halogens is 1. The fourth-order valence-corrected chi connectivity index (χ4v) is 1.78. The van der Waals surface area contributed by atoms with Gasteiger partial charge in [0.25, 0.3) is 11.8 Å². The number of nitrogens with one attached hydrogen (secondary N) is 4. The van der Waals surface area contributed by atoms with Gasteiger partial charge in [0.15, 0.2) is 5.92 Å². The Hall–Kier alpha value is -3.50. The van der Waals surface area contributed by atoms with Crippen molar-refractivity contribution < 1.29 is 28.4 Å². The third-order valence-corrected chi connectivity index (χ3v) is 3.04. The van der Waals surface area contributed by atoms with Gasteiger partial charge in [0.05, 0.1) is 0 Å². The van der Waals surface area contributed by atoms with E-state index in [-0.39, 0.29) is 5.69 Å². The number of anilines is 1. The molecule has 1 saturated heterocycles. The van der Waals surface area contributed by atoms with Crippen LogP contribution in [0.1, 0.15) is 0 Å². The minimum absolute atomic E-state index is 0.250. The Labute approximate surface area is 134 Å². The lowest BCUT2D eigenvalue weighted by molar-refractivity contribution is -0.147.